The number of pyridine rings is 1. The number of aryl methyl sites for hydroxylation is 1. The standard InChI is InChI=1S/C14H16N6S/c1-3-6-10-16-11(15-2)9-13(17-10)21-14-19-18-12-7-4-5-8-20(12)14/h4-5,7-9H,3,6H2,1-2H3,(H,15,16,17). The van der Waals surface area contributed by atoms with Crippen LogP contribution in [0.15, 0.2) is 40.6 Å². The Labute approximate surface area is 127 Å². The summed E-state index contributed by atoms with van der Waals surface area (Å²) in [6.45, 7) is 2.12. The highest BCUT2D eigenvalue weighted by Gasteiger charge is 2.10. The van der Waals surface area contributed by atoms with Crippen molar-refractivity contribution in [3.8, 4) is 0 Å². The van der Waals surface area contributed by atoms with Gasteiger partial charge in [-0.25, -0.2) is 9.97 Å². The van der Waals surface area contributed by atoms with Gasteiger partial charge in [0.2, 0.25) is 5.16 Å². The zero-order valence-corrected chi connectivity index (χ0v) is 12.8. The molecule has 0 radical (unpaired) electrons. The van der Waals surface area contributed by atoms with Gasteiger partial charge in [0.25, 0.3) is 0 Å². The van der Waals surface area contributed by atoms with Crippen LogP contribution in [-0.2, 0) is 6.42 Å². The Bertz CT molecular complexity index is 754. The first-order valence-electron chi connectivity index (χ1n) is 6.83. The molecule has 3 aromatic heterocycles. The molecule has 0 unspecified atom stereocenters. The monoisotopic (exact) mass is 300 g/mol. The average molecular weight is 300 g/mol. The zero-order valence-electron chi connectivity index (χ0n) is 11.9. The smallest absolute Gasteiger partial charge is 0.201 e. The molecule has 0 aliphatic carbocycles. The molecule has 0 saturated carbocycles. The van der Waals surface area contributed by atoms with Crippen molar-refractivity contribution in [2.75, 3.05) is 12.4 Å². The molecule has 7 heteroatoms. The van der Waals surface area contributed by atoms with Gasteiger partial charge in [-0.2, -0.15) is 0 Å². The lowest BCUT2D eigenvalue weighted by Crippen LogP contribution is -2.01. The van der Waals surface area contributed by atoms with Gasteiger partial charge >= 0.3 is 0 Å². The van der Waals surface area contributed by atoms with Crippen LogP contribution in [0, 0.1) is 0 Å². The van der Waals surface area contributed by atoms with E-state index in [1.54, 1.807) is 0 Å². The van der Waals surface area contributed by atoms with Crippen LogP contribution in [0.1, 0.15) is 19.2 Å². The van der Waals surface area contributed by atoms with E-state index in [2.05, 4.69) is 32.4 Å². The molecule has 0 fully saturated rings. The fourth-order valence-electron chi connectivity index (χ4n) is 1.97. The predicted octanol–water partition coefficient (Wildman–Crippen LogP) is 2.66. The molecule has 0 aliphatic heterocycles. The second-order valence-electron chi connectivity index (χ2n) is 4.52. The Kier molecular flexibility index (Phi) is 4.01. The summed E-state index contributed by atoms with van der Waals surface area (Å²) in [5.41, 5.74) is 0.830. The van der Waals surface area contributed by atoms with Crippen LogP contribution in [0.4, 0.5) is 5.82 Å². The Morgan fingerprint density at radius 2 is 2.14 bits per heavy atom. The third-order valence-corrected chi connectivity index (χ3v) is 3.84. The lowest BCUT2D eigenvalue weighted by atomic mass is 10.3. The van der Waals surface area contributed by atoms with E-state index in [4.69, 9.17) is 0 Å². The number of anilines is 1. The molecule has 108 valence electrons. The lowest BCUT2D eigenvalue weighted by molar-refractivity contribution is 0.809. The first kappa shape index (κ1) is 13.8. The molecule has 6 nitrogen and oxygen atoms in total. The van der Waals surface area contributed by atoms with Gasteiger partial charge in [-0.05, 0) is 30.3 Å². The SMILES string of the molecule is CCCc1nc(NC)cc(Sc2nnc3ccccn23)n1. The average Bonchev–Trinajstić information content (AvgIpc) is 2.91. The summed E-state index contributed by atoms with van der Waals surface area (Å²) in [6, 6.07) is 7.76. The molecule has 3 rings (SSSR count). The summed E-state index contributed by atoms with van der Waals surface area (Å²) in [6.07, 6.45) is 3.83. The van der Waals surface area contributed by atoms with Gasteiger partial charge in [0, 0.05) is 25.7 Å². The molecule has 0 bridgehead atoms. The largest absolute Gasteiger partial charge is 0.373 e. The van der Waals surface area contributed by atoms with Gasteiger partial charge < -0.3 is 5.32 Å². The fraction of sp³-hybridized carbons (Fsp3) is 0.286. The lowest BCUT2D eigenvalue weighted by Gasteiger charge is -2.06. The number of nitrogens with one attached hydrogen (secondary N) is 1. The minimum absolute atomic E-state index is 0.800. The molecule has 0 aliphatic rings. The molecule has 1 N–H and O–H groups in total. The normalized spacial score (nSPS) is 11.0. The van der Waals surface area contributed by atoms with Crippen molar-refractivity contribution >= 4 is 23.2 Å². The van der Waals surface area contributed by atoms with Crippen LogP contribution in [0.5, 0.6) is 0 Å². The van der Waals surface area contributed by atoms with E-state index in [-0.39, 0.29) is 0 Å². The molecule has 3 aromatic rings. The molecule has 0 atom stereocenters. The summed E-state index contributed by atoms with van der Waals surface area (Å²) < 4.78 is 1.95. The zero-order chi connectivity index (χ0) is 14.7. The van der Waals surface area contributed by atoms with E-state index < -0.39 is 0 Å². The minimum atomic E-state index is 0.800. The second kappa shape index (κ2) is 6.09. The Balaban J connectivity index is 1.95. The number of aromatic nitrogens is 5. The van der Waals surface area contributed by atoms with Crippen molar-refractivity contribution < 1.29 is 0 Å². The van der Waals surface area contributed by atoms with Gasteiger partial charge in [-0.1, -0.05) is 13.0 Å². The van der Waals surface area contributed by atoms with Crippen molar-refractivity contribution in [1.29, 1.82) is 0 Å². The van der Waals surface area contributed by atoms with E-state index in [0.29, 0.717) is 0 Å². The van der Waals surface area contributed by atoms with Gasteiger partial charge in [-0.3, -0.25) is 4.40 Å². The van der Waals surface area contributed by atoms with Gasteiger partial charge in [0.15, 0.2) is 5.65 Å². The topological polar surface area (TPSA) is 68.0 Å². The summed E-state index contributed by atoms with van der Waals surface area (Å²) in [5, 5.41) is 13.1. The number of rotatable bonds is 5. The second-order valence-corrected chi connectivity index (χ2v) is 5.51. The molecular formula is C14H16N6S. The van der Waals surface area contributed by atoms with Gasteiger partial charge in [0.1, 0.15) is 16.7 Å². The minimum Gasteiger partial charge on any atom is -0.373 e. The number of hydrogen-bond acceptors (Lipinski definition) is 6. The van der Waals surface area contributed by atoms with Crippen LogP contribution in [0.25, 0.3) is 5.65 Å². The van der Waals surface area contributed by atoms with Crippen molar-refractivity contribution in [1.82, 2.24) is 24.6 Å². The van der Waals surface area contributed by atoms with Crippen molar-refractivity contribution in [3.05, 3.63) is 36.3 Å². The Hall–Kier alpha value is -2.15. The number of hydrogen-bond donors (Lipinski definition) is 1. The first-order chi connectivity index (χ1) is 10.3. The maximum Gasteiger partial charge on any atom is 0.201 e. The van der Waals surface area contributed by atoms with E-state index in [1.165, 1.54) is 11.8 Å². The van der Waals surface area contributed by atoms with Crippen LogP contribution < -0.4 is 5.32 Å². The van der Waals surface area contributed by atoms with E-state index in [0.717, 1.165) is 40.3 Å². The Morgan fingerprint density at radius 3 is 2.95 bits per heavy atom. The van der Waals surface area contributed by atoms with Crippen LogP contribution in [0.2, 0.25) is 0 Å². The molecular weight excluding hydrogens is 284 g/mol. The number of nitrogens with zero attached hydrogens (tertiary/aromatic N) is 5. The highest BCUT2D eigenvalue weighted by atomic mass is 32.2. The van der Waals surface area contributed by atoms with Gasteiger partial charge in [0.05, 0.1) is 0 Å². The maximum atomic E-state index is 4.58. The van der Waals surface area contributed by atoms with Crippen LogP contribution in [0.3, 0.4) is 0 Å². The molecule has 0 saturated heterocycles. The van der Waals surface area contributed by atoms with E-state index in [9.17, 15) is 0 Å². The highest BCUT2D eigenvalue weighted by Crippen LogP contribution is 2.26. The summed E-state index contributed by atoms with van der Waals surface area (Å²) in [5.74, 6) is 1.67. The fourth-order valence-corrected chi connectivity index (χ4v) is 2.81. The highest BCUT2D eigenvalue weighted by molar-refractivity contribution is 7.99. The van der Waals surface area contributed by atoms with Crippen molar-refractivity contribution in [2.24, 2.45) is 0 Å². The molecule has 0 amide bonds. The summed E-state index contributed by atoms with van der Waals surface area (Å²) in [4.78, 5) is 9.04. The van der Waals surface area contributed by atoms with E-state index in [1.807, 2.05) is 41.9 Å². The predicted molar refractivity (Wildman–Crippen MR) is 82.7 cm³/mol. The molecule has 0 aromatic carbocycles. The number of fused-ring (bicyclic) bond motifs is 1. The third kappa shape index (κ3) is 2.97. The van der Waals surface area contributed by atoms with E-state index >= 15 is 0 Å². The molecule has 0 spiro atoms. The van der Waals surface area contributed by atoms with Crippen LogP contribution >= 0.6 is 11.8 Å². The Morgan fingerprint density at radius 1 is 1.24 bits per heavy atom. The summed E-state index contributed by atoms with van der Waals surface area (Å²) >= 11 is 1.49. The molecule has 21 heavy (non-hydrogen) atoms. The van der Waals surface area contributed by atoms with Crippen molar-refractivity contribution in [2.45, 2.75) is 29.9 Å². The first-order valence-corrected chi connectivity index (χ1v) is 7.65. The van der Waals surface area contributed by atoms with Gasteiger partial charge in [-0.15, -0.1) is 10.2 Å². The van der Waals surface area contributed by atoms with Crippen molar-refractivity contribution in [3.63, 3.8) is 0 Å². The third-order valence-electron chi connectivity index (χ3n) is 2.96. The van der Waals surface area contributed by atoms with Crippen LogP contribution in [-0.4, -0.2) is 31.6 Å². The molecule has 3 heterocycles. The quantitative estimate of drug-likeness (QED) is 0.731. The summed E-state index contributed by atoms with van der Waals surface area (Å²) in [7, 11) is 1.86. The maximum absolute atomic E-state index is 4.58.